The van der Waals surface area contributed by atoms with Gasteiger partial charge in [0, 0.05) is 0 Å². The fourth-order valence-electron chi connectivity index (χ4n) is 5.26. The Balaban J connectivity index is 3.43. The third-order valence-electron chi connectivity index (χ3n) is 7.82. The van der Waals surface area contributed by atoms with Gasteiger partial charge in [-0.2, -0.15) is 0 Å². The van der Waals surface area contributed by atoms with Crippen LogP contribution in [-0.2, 0) is 4.79 Å². The van der Waals surface area contributed by atoms with Crippen LogP contribution in [-0.4, -0.2) is 11.1 Å². The molecule has 0 spiro atoms. The van der Waals surface area contributed by atoms with Crippen LogP contribution in [0.5, 0.6) is 0 Å². The van der Waals surface area contributed by atoms with Gasteiger partial charge in [-0.1, -0.05) is 167 Å². The second-order valence-corrected chi connectivity index (χ2v) is 11.4. The molecule has 0 rings (SSSR count). The molecule has 0 fully saturated rings. The minimum absolute atomic E-state index is 0.111. The monoisotopic (exact) mass is 507 g/mol. The number of carbonyl (C=O) groups is 1. The number of carboxylic acids is 1. The van der Waals surface area contributed by atoms with Gasteiger partial charge in [0.25, 0.3) is 0 Å². The van der Waals surface area contributed by atoms with E-state index in [2.05, 4.69) is 26.0 Å². The van der Waals surface area contributed by atoms with E-state index in [1.54, 1.807) is 0 Å². The number of rotatable bonds is 30. The summed E-state index contributed by atoms with van der Waals surface area (Å²) in [7, 11) is 0. The highest BCUT2D eigenvalue weighted by molar-refractivity contribution is 5.69. The lowest BCUT2D eigenvalue weighted by Crippen LogP contribution is -2.13. The Morgan fingerprint density at radius 3 is 1.08 bits per heavy atom. The molecule has 0 radical (unpaired) electrons. The van der Waals surface area contributed by atoms with E-state index in [-0.39, 0.29) is 5.92 Å². The van der Waals surface area contributed by atoms with Gasteiger partial charge >= 0.3 is 5.97 Å². The molecule has 1 N–H and O–H groups in total. The van der Waals surface area contributed by atoms with Gasteiger partial charge in [-0.25, -0.2) is 0 Å². The van der Waals surface area contributed by atoms with Crippen LogP contribution in [0.1, 0.15) is 194 Å². The minimum atomic E-state index is -0.568. The maximum absolute atomic E-state index is 11.6. The van der Waals surface area contributed by atoms with E-state index in [0.717, 1.165) is 25.7 Å². The maximum atomic E-state index is 11.6. The predicted octanol–water partition coefficient (Wildman–Crippen LogP) is 12.2. The SMILES string of the molecule is CCCCCC/C=C\CCCCCCC(CCCCCCCCCCCCCCCCCC)C(=O)O. The van der Waals surface area contributed by atoms with Crippen LogP contribution in [0.2, 0.25) is 0 Å². The summed E-state index contributed by atoms with van der Waals surface area (Å²) in [6, 6.07) is 0. The highest BCUT2D eigenvalue weighted by atomic mass is 16.4. The van der Waals surface area contributed by atoms with Crippen LogP contribution in [0.3, 0.4) is 0 Å². The van der Waals surface area contributed by atoms with Crippen molar-refractivity contribution in [3.8, 4) is 0 Å². The number of aliphatic carboxylic acids is 1. The first-order valence-corrected chi connectivity index (χ1v) is 16.6. The van der Waals surface area contributed by atoms with Crippen LogP contribution in [0, 0.1) is 5.92 Å². The molecule has 0 saturated carbocycles. The predicted molar refractivity (Wildman–Crippen MR) is 161 cm³/mol. The number of carboxylic acid groups (broad SMARTS) is 1. The van der Waals surface area contributed by atoms with Crippen LogP contribution in [0.4, 0.5) is 0 Å². The molecule has 1 atom stereocenters. The Morgan fingerprint density at radius 1 is 0.472 bits per heavy atom. The van der Waals surface area contributed by atoms with E-state index in [4.69, 9.17) is 0 Å². The molecule has 0 saturated heterocycles. The Bertz CT molecular complexity index is 456. The second-order valence-electron chi connectivity index (χ2n) is 11.4. The summed E-state index contributed by atoms with van der Waals surface area (Å²) in [5.41, 5.74) is 0. The molecule has 0 aliphatic carbocycles. The quantitative estimate of drug-likeness (QED) is 0.0776. The molecule has 0 aromatic carbocycles. The molecule has 0 aliphatic rings. The highest BCUT2D eigenvalue weighted by Crippen LogP contribution is 2.20. The van der Waals surface area contributed by atoms with Gasteiger partial charge in [-0.15, -0.1) is 0 Å². The van der Waals surface area contributed by atoms with Crippen molar-refractivity contribution in [2.45, 2.75) is 194 Å². The van der Waals surface area contributed by atoms with Crippen molar-refractivity contribution in [1.29, 1.82) is 0 Å². The summed E-state index contributed by atoms with van der Waals surface area (Å²) in [5, 5.41) is 9.57. The van der Waals surface area contributed by atoms with Gasteiger partial charge in [0.2, 0.25) is 0 Å². The highest BCUT2D eigenvalue weighted by Gasteiger charge is 2.16. The molecule has 2 nitrogen and oxygen atoms in total. The normalized spacial score (nSPS) is 12.5. The summed E-state index contributed by atoms with van der Waals surface area (Å²) in [6.45, 7) is 4.55. The molecule has 0 aromatic rings. The lowest BCUT2D eigenvalue weighted by molar-refractivity contribution is -0.142. The van der Waals surface area contributed by atoms with Crippen LogP contribution in [0.15, 0.2) is 12.2 Å². The Morgan fingerprint density at radius 2 is 0.750 bits per heavy atom. The fraction of sp³-hybridized carbons (Fsp3) is 0.912. The van der Waals surface area contributed by atoms with Crippen LogP contribution < -0.4 is 0 Å². The average Bonchev–Trinajstić information content (AvgIpc) is 2.87. The fourth-order valence-corrected chi connectivity index (χ4v) is 5.26. The van der Waals surface area contributed by atoms with E-state index in [9.17, 15) is 9.90 Å². The van der Waals surface area contributed by atoms with Crippen molar-refractivity contribution in [2.24, 2.45) is 5.92 Å². The van der Waals surface area contributed by atoms with Crippen molar-refractivity contribution in [1.82, 2.24) is 0 Å². The number of allylic oxidation sites excluding steroid dienone is 2. The molecular weight excluding hydrogens is 440 g/mol. The molecule has 36 heavy (non-hydrogen) atoms. The first-order chi connectivity index (χ1) is 17.7. The number of hydrogen-bond acceptors (Lipinski definition) is 1. The van der Waals surface area contributed by atoms with E-state index >= 15 is 0 Å². The van der Waals surface area contributed by atoms with Gasteiger partial charge in [-0.05, 0) is 38.5 Å². The zero-order valence-electron chi connectivity index (χ0n) is 24.9. The summed E-state index contributed by atoms with van der Waals surface area (Å²) in [5.74, 6) is -0.679. The summed E-state index contributed by atoms with van der Waals surface area (Å²) in [4.78, 5) is 11.6. The molecular formula is C34H66O2. The average molecular weight is 507 g/mol. The Kier molecular flexibility index (Phi) is 29.8. The molecule has 0 amide bonds. The number of unbranched alkanes of at least 4 members (excludes halogenated alkanes) is 23. The van der Waals surface area contributed by atoms with Crippen molar-refractivity contribution < 1.29 is 9.90 Å². The zero-order valence-corrected chi connectivity index (χ0v) is 24.9. The first-order valence-electron chi connectivity index (χ1n) is 16.6. The molecule has 0 aliphatic heterocycles. The Hall–Kier alpha value is -0.790. The van der Waals surface area contributed by atoms with Crippen LogP contribution >= 0.6 is 0 Å². The lowest BCUT2D eigenvalue weighted by Gasteiger charge is -2.12. The van der Waals surface area contributed by atoms with Gasteiger partial charge in [-0.3, -0.25) is 4.79 Å². The topological polar surface area (TPSA) is 37.3 Å². The third kappa shape index (κ3) is 27.8. The molecule has 2 heteroatoms. The molecule has 214 valence electrons. The summed E-state index contributed by atoms with van der Waals surface area (Å²) in [6.07, 6.45) is 41.0. The zero-order chi connectivity index (χ0) is 26.4. The largest absolute Gasteiger partial charge is 0.481 e. The Labute approximate surface area is 227 Å². The van der Waals surface area contributed by atoms with Crippen molar-refractivity contribution in [3.63, 3.8) is 0 Å². The molecule has 0 aromatic heterocycles. The van der Waals surface area contributed by atoms with Gasteiger partial charge in [0.1, 0.15) is 0 Å². The van der Waals surface area contributed by atoms with Gasteiger partial charge < -0.3 is 5.11 Å². The maximum Gasteiger partial charge on any atom is 0.306 e. The first kappa shape index (κ1) is 35.2. The van der Waals surface area contributed by atoms with Crippen molar-refractivity contribution in [3.05, 3.63) is 12.2 Å². The minimum Gasteiger partial charge on any atom is -0.481 e. The lowest BCUT2D eigenvalue weighted by atomic mass is 9.94. The number of hydrogen-bond donors (Lipinski definition) is 1. The van der Waals surface area contributed by atoms with Crippen LogP contribution in [0.25, 0.3) is 0 Å². The van der Waals surface area contributed by atoms with Crippen molar-refractivity contribution >= 4 is 5.97 Å². The van der Waals surface area contributed by atoms with E-state index in [1.807, 2.05) is 0 Å². The summed E-state index contributed by atoms with van der Waals surface area (Å²) >= 11 is 0. The van der Waals surface area contributed by atoms with E-state index < -0.39 is 5.97 Å². The third-order valence-corrected chi connectivity index (χ3v) is 7.82. The van der Waals surface area contributed by atoms with E-state index in [0.29, 0.717) is 0 Å². The second kappa shape index (κ2) is 30.4. The molecule has 1 unspecified atom stereocenters. The smallest absolute Gasteiger partial charge is 0.306 e. The van der Waals surface area contributed by atoms with E-state index in [1.165, 1.54) is 154 Å². The molecule has 0 heterocycles. The van der Waals surface area contributed by atoms with Crippen molar-refractivity contribution in [2.75, 3.05) is 0 Å². The summed E-state index contributed by atoms with van der Waals surface area (Å²) < 4.78 is 0. The van der Waals surface area contributed by atoms with Gasteiger partial charge in [0.05, 0.1) is 5.92 Å². The standard InChI is InChI=1S/C34H66O2/c1-3-5-7-9-11-13-15-17-18-19-20-22-24-26-28-30-32-33(34(35)36)31-29-27-25-23-21-16-14-12-10-8-6-4-2/h14,16,33H,3-13,15,17-32H2,1-2H3,(H,35,36)/b16-14-. The van der Waals surface area contributed by atoms with Gasteiger partial charge in [0.15, 0.2) is 0 Å². The molecule has 0 bridgehead atoms.